The number of hydrogen-bond donors (Lipinski definition) is 2. The molecule has 0 fully saturated rings. The van der Waals surface area contributed by atoms with E-state index in [0.717, 1.165) is 35.2 Å². The molecule has 1 heterocycles. The molecule has 2 N–H and O–H groups in total. The molecule has 3 rings (SSSR count). The van der Waals surface area contributed by atoms with Crippen molar-refractivity contribution in [1.29, 1.82) is 0 Å². The Kier molecular flexibility index (Phi) is 3.95. The molecule has 0 bridgehead atoms. The predicted molar refractivity (Wildman–Crippen MR) is 83.2 cm³/mol. The lowest BCUT2D eigenvalue weighted by molar-refractivity contribution is -0.121. The topological polar surface area (TPSA) is 54.1 Å². The average Bonchev–Trinajstić information content (AvgIpc) is 3.12. The van der Waals surface area contributed by atoms with E-state index in [1.807, 2.05) is 24.3 Å². The molecule has 1 aromatic carbocycles. The van der Waals surface area contributed by atoms with Crippen molar-refractivity contribution in [3.8, 4) is 5.75 Å². The SMILES string of the molecule is COc1ccc2[nH]c(CNC(=O)C[C@H]3C=CCC3)cc2c1. The van der Waals surface area contributed by atoms with Crippen LogP contribution in [0.25, 0.3) is 10.9 Å². The minimum absolute atomic E-state index is 0.114. The molecule has 0 aliphatic heterocycles. The summed E-state index contributed by atoms with van der Waals surface area (Å²) in [6, 6.07) is 7.95. The molecule has 0 radical (unpaired) electrons. The molecule has 110 valence electrons. The first-order chi connectivity index (χ1) is 10.2. The van der Waals surface area contributed by atoms with E-state index in [1.54, 1.807) is 7.11 Å². The number of rotatable bonds is 5. The minimum atomic E-state index is 0.114. The number of ether oxygens (including phenoxy) is 1. The summed E-state index contributed by atoms with van der Waals surface area (Å²) in [5, 5.41) is 4.07. The molecule has 1 aromatic heterocycles. The van der Waals surface area contributed by atoms with Gasteiger partial charge in [-0.25, -0.2) is 0 Å². The average molecular weight is 284 g/mol. The molecule has 4 nitrogen and oxygen atoms in total. The van der Waals surface area contributed by atoms with Gasteiger partial charge in [0.2, 0.25) is 5.91 Å². The van der Waals surface area contributed by atoms with Gasteiger partial charge in [-0.05, 0) is 43.0 Å². The first-order valence-electron chi connectivity index (χ1n) is 7.33. The van der Waals surface area contributed by atoms with Crippen LogP contribution in [-0.4, -0.2) is 18.0 Å². The van der Waals surface area contributed by atoms with Gasteiger partial charge in [-0.15, -0.1) is 0 Å². The van der Waals surface area contributed by atoms with E-state index in [4.69, 9.17) is 4.74 Å². The Labute approximate surface area is 124 Å². The molecule has 21 heavy (non-hydrogen) atoms. The fraction of sp³-hybridized carbons (Fsp3) is 0.353. The lowest BCUT2D eigenvalue weighted by Gasteiger charge is -2.07. The quantitative estimate of drug-likeness (QED) is 0.829. The minimum Gasteiger partial charge on any atom is -0.497 e. The van der Waals surface area contributed by atoms with E-state index in [1.165, 1.54) is 0 Å². The Morgan fingerprint density at radius 3 is 3.10 bits per heavy atom. The molecule has 1 aliphatic carbocycles. The molecule has 4 heteroatoms. The smallest absolute Gasteiger partial charge is 0.220 e. The van der Waals surface area contributed by atoms with E-state index in [2.05, 4.69) is 22.5 Å². The third-order valence-electron chi connectivity index (χ3n) is 3.92. The molecule has 0 spiro atoms. The van der Waals surface area contributed by atoms with Crippen LogP contribution < -0.4 is 10.1 Å². The van der Waals surface area contributed by atoms with Crippen molar-refractivity contribution >= 4 is 16.8 Å². The first-order valence-corrected chi connectivity index (χ1v) is 7.33. The van der Waals surface area contributed by atoms with Crippen molar-refractivity contribution in [1.82, 2.24) is 10.3 Å². The monoisotopic (exact) mass is 284 g/mol. The summed E-state index contributed by atoms with van der Waals surface area (Å²) in [7, 11) is 1.66. The highest BCUT2D eigenvalue weighted by Gasteiger charge is 2.13. The summed E-state index contributed by atoms with van der Waals surface area (Å²) in [4.78, 5) is 15.2. The second-order valence-electron chi connectivity index (χ2n) is 5.49. The van der Waals surface area contributed by atoms with Gasteiger partial charge in [0.05, 0.1) is 13.7 Å². The molecule has 0 unspecified atom stereocenters. The third-order valence-corrected chi connectivity index (χ3v) is 3.92. The van der Waals surface area contributed by atoms with E-state index >= 15 is 0 Å². The number of aromatic amines is 1. The van der Waals surface area contributed by atoms with Gasteiger partial charge in [-0.1, -0.05) is 12.2 Å². The Hall–Kier alpha value is -2.23. The number of carbonyl (C=O) groups is 1. The van der Waals surface area contributed by atoms with E-state index in [0.29, 0.717) is 18.9 Å². The zero-order valence-electron chi connectivity index (χ0n) is 12.2. The van der Waals surface area contributed by atoms with Gasteiger partial charge in [-0.3, -0.25) is 4.79 Å². The molecular weight excluding hydrogens is 264 g/mol. The van der Waals surface area contributed by atoms with Crippen molar-refractivity contribution in [2.75, 3.05) is 7.11 Å². The second-order valence-corrected chi connectivity index (χ2v) is 5.49. The summed E-state index contributed by atoms with van der Waals surface area (Å²) in [5.41, 5.74) is 2.06. The summed E-state index contributed by atoms with van der Waals surface area (Å²) >= 11 is 0. The number of methoxy groups -OCH3 is 1. The van der Waals surface area contributed by atoms with E-state index in [-0.39, 0.29) is 5.91 Å². The second kappa shape index (κ2) is 6.04. The van der Waals surface area contributed by atoms with Crippen molar-refractivity contribution in [2.45, 2.75) is 25.8 Å². The standard InChI is InChI=1S/C17H20N2O2/c1-21-15-6-7-16-13(10-15)9-14(19-16)11-18-17(20)8-12-4-2-3-5-12/h2,4,6-7,9-10,12,19H,3,5,8,11H2,1H3,(H,18,20)/t12-/m0/s1. The third kappa shape index (κ3) is 3.27. The van der Waals surface area contributed by atoms with Gasteiger partial charge in [0, 0.05) is 23.0 Å². The number of amides is 1. The van der Waals surface area contributed by atoms with Gasteiger partial charge < -0.3 is 15.0 Å². The van der Waals surface area contributed by atoms with E-state index < -0.39 is 0 Å². The number of hydrogen-bond acceptors (Lipinski definition) is 2. The van der Waals surface area contributed by atoms with Crippen LogP contribution in [0.5, 0.6) is 5.75 Å². The zero-order valence-corrected chi connectivity index (χ0v) is 12.2. The van der Waals surface area contributed by atoms with Crippen LogP contribution in [0.3, 0.4) is 0 Å². The van der Waals surface area contributed by atoms with E-state index in [9.17, 15) is 4.79 Å². The maximum absolute atomic E-state index is 11.9. The van der Waals surface area contributed by atoms with Crippen LogP contribution in [0, 0.1) is 5.92 Å². The number of benzene rings is 1. The van der Waals surface area contributed by atoms with Crippen LogP contribution >= 0.6 is 0 Å². The Bertz CT molecular complexity index is 672. The van der Waals surface area contributed by atoms with Gasteiger partial charge in [0.1, 0.15) is 5.75 Å². The van der Waals surface area contributed by atoms with Crippen LogP contribution in [0.1, 0.15) is 25.0 Å². The van der Waals surface area contributed by atoms with Crippen molar-refractivity contribution < 1.29 is 9.53 Å². The highest BCUT2D eigenvalue weighted by atomic mass is 16.5. The Balaban J connectivity index is 1.59. The molecular formula is C17H20N2O2. The number of H-pyrrole nitrogens is 1. The molecule has 1 aliphatic rings. The van der Waals surface area contributed by atoms with Crippen LogP contribution in [-0.2, 0) is 11.3 Å². The highest BCUT2D eigenvalue weighted by Crippen LogP contribution is 2.22. The van der Waals surface area contributed by atoms with Gasteiger partial charge >= 0.3 is 0 Å². The molecule has 0 saturated carbocycles. The summed E-state index contributed by atoms with van der Waals surface area (Å²) in [6.45, 7) is 0.534. The maximum atomic E-state index is 11.9. The van der Waals surface area contributed by atoms with Crippen LogP contribution in [0.2, 0.25) is 0 Å². The van der Waals surface area contributed by atoms with Gasteiger partial charge in [0.15, 0.2) is 0 Å². The lowest BCUT2D eigenvalue weighted by atomic mass is 10.1. The molecule has 2 aromatic rings. The molecule has 0 saturated heterocycles. The molecule has 1 amide bonds. The normalized spacial score (nSPS) is 17.3. The number of carbonyl (C=O) groups excluding carboxylic acids is 1. The summed E-state index contributed by atoms with van der Waals surface area (Å²) in [6.07, 6.45) is 7.09. The number of aromatic nitrogens is 1. The lowest BCUT2D eigenvalue weighted by Crippen LogP contribution is -2.24. The summed E-state index contributed by atoms with van der Waals surface area (Å²) < 4.78 is 5.21. The maximum Gasteiger partial charge on any atom is 0.220 e. The molecule has 1 atom stereocenters. The van der Waals surface area contributed by atoms with Gasteiger partial charge in [-0.2, -0.15) is 0 Å². The fourth-order valence-electron chi connectivity index (χ4n) is 2.76. The highest BCUT2D eigenvalue weighted by molar-refractivity contribution is 5.82. The Morgan fingerprint density at radius 1 is 1.43 bits per heavy atom. The number of allylic oxidation sites excluding steroid dienone is 2. The number of fused-ring (bicyclic) bond motifs is 1. The van der Waals surface area contributed by atoms with Crippen molar-refractivity contribution in [3.05, 3.63) is 42.1 Å². The van der Waals surface area contributed by atoms with Crippen LogP contribution in [0.4, 0.5) is 0 Å². The first kappa shape index (κ1) is 13.7. The van der Waals surface area contributed by atoms with Crippen LogP contribution in [0.15, 0.2) is 36.4 Å². The van der Waals surface area contributed by atoms with Crippen molar-refractivity contribution in [2.24, 2.45) is 5.92 Å². The van der Waals surface area contributed by atoms with Crippen molar-refractivity contribution in [3.63, 3.8) is 0 Å². The largest absolute Gasteiger partial charge is 0.497 e. The number of nitrogens with one attached hydrogen (secondary N) is 2. The zero-order chi connectivity index (χ0) is 14.7. The fourth-order valence-corrected chi connectivity index (χ4v) is 2.76. The van der Waals surface area contributed by atoms with Gasteiger partial charge in [0.25, 0.3) is 0 Å². The summed E-state index contributed by atoms with van der Waals surface area (Å²) in [5.74, 6) is 1.37. The predicted octanol–water partition coefficient (Wildman–Crippen LogP) is 3.15. The Morgan fingerprint density at radius 2 is 2.33 bits per heavy atom.